The average molecular weight is 568 g/mol. The third kappa shape index (κ3) is 5.76. The van der Waals surface area contributed by atoms with Crippen LogP contribution in [0.2, 0.25) is 0 Å². The molecular weight excluding hydrogens is 535 g/mol. The van der Waals surface area contributed by atoms with E-state index < -0.39 is 46.2 Å². The zero-order chi connectivity index (χ0) is 29.5. The quantitative estimate of drug-likeness (QED) is 0.400. The van der Waals surface area contributed by atoms with Gasteiger partial charge >= 0.3 is 0 Å². The molecule has 10 heteroatoms. The van der Waals surface area contributed by atoms with Crippen molar-refractivity contribution in [1.82, 2.24) is 14.9 Å². The van der Waals surface area contributed by atoms with Crippen LogP contribution in [0, 0.1) is 23.4 Å². The normalized spacial score (nSPS) is 24.6. The Hall–Kier alpha value is -3.63. The molecule has 1 aliphatic heterocycles. The SMILES string of the molecule is C[C@H]1C[C@@H](c2ccncc2CC(=O)c2ccc(F)c(-c3c(F)cc(CN4CCCC4=O)cc3F)n2)C[C@@H](O)[C@]1(C)O. The summed E-state index contributed by atoms with van der Waals surface area (Å²) in [5, 5.41) is 21.1. The zero-order valence-corrected chi connectivity index (χ0v) is 22.9. The fourth-order valence-electron chi connectivity index (χ4n) is 5.91. The van der Waals surface area contributed by atoms with Crippen LogP contribution < -0.4 is 0 Å². The molecule has 2 fully saturated rings. The molecule has 1 saturated carbocycles. The fourth-order valence-corrected chi connectivity index (χ4v) is 5.91. The Kier molecular flexibility index (Phi) is 7.98. The van der Waals surface area contributed by atoms with Gasteiger partial charge in [0.05, 0.1) is 17.3 Å². The number of carbonyl (C=O) groups excluding carboxylic acids is 2. The highest BCUT2D eigenvalue weighted by Gasteiger charge is 2.43. The number of nitrogens with zero attached hydrogens (tertiary/aromatic N) is 3. The van der Waals surface area contributed by atoms with Gasteiger partial charge in [-0.3, -0.25) is 14.6 Å². The van der Waals surface area contributed by atoms with Crippen LogP contribution in [0.1, 0.15) is 72.6 Å². The van der Waals surface area contributed by atoms with Gasteiger partial charge in [-0.2, -0.15) is 0 Å². The molecule has 0 bridgehead atoms. The number of amides is 1. The molecule has 2 N–H and O–H groups in total. The molecule has 7 nitrogen and oxygen atoms in total. The lowest BCUT2D eigenvalue weighted by molar-refractivity contribution is -0.128. The number of aromatic nitrogens is 2. The molecule has 1 aliphatic carbocycles. The third-order valence-corrected chi connectivity index (χ3v) is 8.57. The van der Waals surface area contributed by atoms with Crippen molar-refractivity contribution in [3.05, 3.63) is 82.6 Å². The van der Waals surface area contributed by atoms with Gasteiger partial charge in [-0.05, 0) is 85.0 Å². The van der Waals surface area contributed by atoms with Crippen LogP contribution in [0.5, 0.6) is 0 Å². The highest BCUT2D eigenvalue weighted by Crippen LogP contribution is 2.42. The van der Waals surface area contributed by atoms with Crippen molar-refractivity contribution in [2.24, 2.45) is 5.92 Å². The van der Waals surface area contributed by atoms with Crippen LogP contribution >= 0.6 is 0 Å². The molecule has 2 aliphatic rings. The first-order chi connectivity index (χ1) is 19.5. The van der Waals surface area contributed by atoms with Crippen molar-refractivity contribution < 1.29 is 33.0 Å². The van der Waals surface area contributed by atoms with Crippen molar-refractivity contribution in [3.63, 3.8) is 0 Å². The van der Waals surface area contributed by atoms with E-state index in [1.807, 2.05) is 6.92 Å². The Labute approximate surface area is 236 Å². The van der Waals surface area contributed by atoms with Crippen LogP contribution in [0.4, 0.5) is 13.2 Å². The van der Waals surface area contributed by atoms with Crippen LogP contribution in [0.25, 0.3) is 11.3 Å². The molecule has 1 amide bonds. The van der Waals surface area contributed by atoms with E-state index in [-0.39, 0.29) is 42.0 Å². The number of pyridine rings is 2. The van der Waals surface area contributed by atoms with Crippen molar-refractivity contribution in [2.45, 2.75) is 70.1 Å². The van der Waals surface area contributed by atoms with Crippen molar-refractivity contribution in [2.75, 3.05) is 6.54 Å². The van der Waals surface area contributed by atoms with E-state index in [2.05, 4.69) is 9.97 Å². The summed E-state index contributed by atoms with van der Waals surface area (Å²) in [6.45, 7) is 4.02. The van der Waals surface area contributed by atoms with Gasteiger partial charge in [0.1, 0.15) is 28.8 Å². The molecule has 4 atom stereocenters. The molecule has 216 valence electrons. The van der Waals surface area contributed by atoms with Gasteiger partial charge < -0.3 is 15.1 Å². The molecule has 1 saturated heterocycles. The number of carbonyl (C=O) groups is 2. The maximum Gasteiger partial charge on any atom is 0.222 e. The number of aliphatic hydroxyl groups is 2. The second-order valence-electron chi connectivity index (χ2n) is 11.4. The van der Waals surface area contributed by atoms with E-state index in [1.165, 1.54) is 11.0 Å². The average Bonchev–Trinajstić information content (AvgIpc) is 3.32. The molecule has 0 unspecified atom stereocenters. The van der Waals surface area contributed by atoms with Crippen LogP contribution in [0.15, 0.2) is 42.7 Å². The van der Waals surface area contributed by atoms with Crippen LogP contribution in [0.3, 0.4) is 0 Å². The Morgan fingerprint density at radius 1 is 1.12 bits per heavy atom. The van der Waals surface area contributed by atoms with Crippen LogP contribution in [-0.2, 0) is 17.8 Å². The summed E-state index contributed by atoms with van der Waals surface area (Å²) in [6, 6.07) is 6.01. The summed E-state index contributed by atoms with van der Waals surface area (Å²) < 4.78 is 45.1. The largest absolute Gasteiger partial charge is 0.390 e. The number of likely N-dealkylation sites (tertiary alicyclic amines) is 1. The summed E-state index contributed by atoms with van der Waals surface area (Å²) >= 11 is 0. The van der Waals surface area contributed by atoms with Gasteiger partial charge in [0.25, 0.3) is 0 Å². The first-order valence-corrected chi connectivity index (χ1v) is 13.7. The number of ketones is 1. The van der Waals surface area contributed by atoms with E-state index >= 15 is 8.78 Å². The Balaban J connectivity index is 1.39. The monoisotopic (exact) mass is 567 g/mol. The summed E-state index contributed by atoms with van der Waals surface area (Å²) in [4.78, 5) is 34.9. The lowest BCUT2D eigenvalue weighted by Gasteiger charge is -2.43. The summed E-state index contributed by atoms with van der Waals surface area (Å²) in [7, 11) is 0. The summed E-state index contributed by atoms with van der Waals surface area (Å²) in [5.74, 6) is -3.98. The van der Waals surface area contributed by atoms with E-state index in [0.29, 0.717) is 37.8 Å². The van der Waals surface area contributed by atoms with Gasteiger partial charge in [0, 0.05) is 38.3 Å². The minimum absolute atomic E-state index is 0.0448. The number of halogens is 3. The van der Waals surface area contributed by atoms with Gasteiger partial charge in [-0.25, -0.2) is 18.2 Å². The van der Waals surface area contributed by atoms with Gasteiger partial charge in [-0.15, -0.1) is 0 Å². The fraction of sp³-hybridized carbons (Fsp3) is 0.419. The predicted octanol–water partition coefficient (Wildman–Crippen LogP) is 4.73. The van der Waals surface area contributed by atoms with Gasteiger partial charge in [-0.1, -0.05) is 6.92 Å². The molecule has 1 aromatic carbocycles. The Morgan fingerprint density at radius 3 is 2.51 bits per heavy atom. The molecule has 41 heavy (non-hydrogen) atoms. The highest BCUT2D eigenvalue weighted by molar-refractivity contribution is 5.96. The van der Waals surface area contributed by atoms with Crippen LogP contribution in [-0.4, -0.2) is 55.0 Å². The highest BCUT2D eigenvalue weighted by atomic mass is 19.1. The predicted molar refractivity (Wildman–Crippen MR) is 144 cm³/mol. The van der Waals surface area contributed by atoms with Crippen molar-refractivity contribution >= 4 is 11.7 Å². The molecule has 0 radical (unpaired) electrons. The number of rotatable bonds is 7. The Bertz CT molecular complexity index is 1460. The molecule has 2 aromatic heterocycles. The Morgan fingerprint density at radius 2 is 1.85 bits per heavy atom. The van der Waals surface area contributed by atoms with E-state index in [0.717, 1.165) is 23.8 Å². The summed E-state index contributed by atoms with van der Waals surface area (Å²) in [6.07, 6.45) is 4.02. The first-order valence-electron chi connectivity index (χ1n) is 13.7. The molecular formula is C31H32F3N3O4. The number of benzene rings is 1. The smallest absolute Gasteiger partial charge is 0.222 e. The zero-order valence-electron chi connectivity index (χ0n) is 22.9. The van der Waals surface area contributed by atoms with E-state index in [4.69, 9.17) is 0 Å². The van der Waals surface area contributed by atoms with E-state index in [9.17, 15) is 24.2 Å². The summed E-state index contributed by atoms with van der Waals surface area (Å²) in [5.41, 5.74) is -1.06. The topological polar surface area (TPSA) is 104 Å². The standard InChI is InChI=1S/C31H32F3N3O4/c1-17-10-19(14-27(39)31(17,2)41)21-7-8-35-15-20(21)13-26(38)25-6-5-22(32)30(36-25)29-23(33)11-18(12-24(29)34)16-37-9-3-4-28(37)40/h5-8,11-12,15,17,19,27,39,41H,3-4,9-10,13-14,16H2,1-2H3/t17-,19+,27+,31+/m0/s1. The van der Waals surface area contributed by atoms with Gasteiger partial charge in [0.2, 0.25) is 5.91 Å². The molecule has 0 spiro atoms. The van der Waals surface area contributed by atoms with Gasteiger partial charge in [0.15, 0.2) is 5.78 Å². The number of hydrogen-bond donors (Lipinski definition) is 2. The number of aliphatic hydroxyl groups excluding tert-OH is 1. The first kappa shape index (κ1) is 28.9. The lowest BCUT2D eigenvalue weighted by Crippen LogP contribution is -2.49. The minimum Gasteiger partial charge on any atom is -0.390 e. The lowest BCUT2D eigenvalue weighted by atomic mass is 9.68. The third-order valence-electron chi connectivity index (χ3n) is 8.57. The number of Topliss-reactive ketones (excluding diaryl/α,β-unsaturated/α-hetero) is 1. The van der Waals surface area contributed by atoms with E-state index in [1.54, 1.807) is 25.4 Å². The second kappa shape index (κ2) is 11.3. The maximum absolute atomic E-state index is 15.1. The maximum atomic E-state index is 15.1. The second-order valence-corrected chi connectivity index (χ2v) is 11.4. The van der Waals surface area contributed by atoms with Crippen molar-refractivity contribution in [1.29, 1.82) is 0 Å². The molecule has 5 rings (SSSR count). The molecule has 3 heterocycles. The van der Waals surface area contributed by atoms with Crippen molar-refractivity contribution in [3.8, 4) is 11.3 Å². The number of hydrogen-bond acceptors (Lipinski definition) is 6. The minimum atomic E-state index is -1.22. The molecule has 3 aromatic rings.